The van der Waals surface area contributed by atoms with Crippen molar-refractivity contribution in [1.29, 1.82) is 0 Å². The first-order chi connectivity index (χ1) is 9.56. The van der Waals surface area contributed by atoms with Crippen LogP contribution < -0.4 is 15.5 Å². The normalized spacial score (nSPS) is 18.6. The summed E-state index contributed by atoms with van der Waals surface area (Å²) in [5.41, 5.74) is 3.14. The van der Waals surface area contributed by atoms with Gasteiger partial charge >= 0.3 is 0 Å². The molecular weight excluding hydrogens is 270 g/mol. The number of aryl methyl sites for hydroxylation is 1. The van der Waals surface area contributed by atoms with Crippen molar-refractivity contribution in [3.05, 3.63) is 23.8 Å². The van der Waals surface area contributed by atoms with Crippen LogP contribution in [0.5, 0.6) is 0 Å². The molecule has 1 fully saturated rings. The predicted octanol–water partition coefficient (Wildman–Crippen LogP) is 2.09. The van der Waals surface area contributed by atoms with E-state index in [-0.39, 0.29) is 5.91 Å². The van der Waals surface area contributed by atoms with Crippen LogP contribution in [0.1, 0.15) is 12.0 Å². The molecule has 1 saturated heterocycles. The zero-order chi connectivity index (χ0) is 14.5. The first-order valence-electron chi connectivity index (χ1n) is 6.95. The van der Waals surface area contributed by atoms with E-state index in [1.165, 1.54) is 0 Å². The number of carbonyl (C=O) groups is 1. The Labute approximate surface area is 125 Å². The molecule has 1 amide bonds. The maximum absolute atomic E-state index is 12.1. The largest absolute Gasteiger partial charge is 0.378 e. The summed E-state index contributed by atoms with van der Waals surface area (Å²) in [4.78, 5) is 14.1. The molecule has 4 nitrogen and oxygen atoms in total. The van der Waals surface area contributed by atoms with Gasteiger partial charge in [-0.3, -0.25) is 4.79 Å². The molecule has 0 saturated carbocycles. The molecule has 5 heteroatoms. The minimum atomic E-state index is 0.0886. The Morgan fingerprint density at radius 1 is 1.50 bits per heavy atom. The van der Waals surface area contributed by atoms with Crippen LogP contribution >= 0.6 is 11.8 Å². The fourth-order valence-corrected chi connectivity index (χ4v) is 3.19. The number of hydrogen-bond donors (Lipinski definition) is 2. The lowest BCUT2D eigenvalue weighted by molar-refractivity contribution is -0.116. The monoisotopic (exact) mass is 293 g/mol. The van der Waals surface area contributed by atoms with E-state index in [9.17, 15) is 4.79 Å². The number of nitrogens with one attached hydrogen (secondary N) is 2. The molecule has 0 aromatic heterocycles. The van der Waals surface area contributed by atoms with E-state index in [0.29, 0.717) is 12.5 Å². The van der Waals surface area contributed by atoms with Crippen LogP contribution in [0.25, 0.3) is 0 Å². The van der Waals surface area contributed by atoms with Crippen LogP contribution in [0.4, 0.5) is 11.4 Å². The first kappa shape index (κ1) is 15.2. The van der Waals surface area contributed by atoms with Gasteiger partial charge in [-0.2, -0.15) is 11.8 Å². The molecule has 2 rings (SSSR count). The Hall–Kier alpha value is -1.20. The number of thioether (sulfide) groups is 1. The molecule has 1 aromatic carbocycles. The minimum Gasteiger partial charge on any atom is -0.378 e. The standard InChI is InChI=1S/C15H23N3OS/c1-11-8-13(18(2)3)4-5-14(11)17-15(19)9-12-10-20-7-6-16-12/h4-5,8,12,16H,6-7,9-10H2,1-3H3,(H,17,19). The van der Waals surface area contributed by atoms with Crippen LogP contribution in [0.3, 0.4) is 0 Å². The van der Waals surface area contributed by atoms with Crippen LogP contribution in [0, 0.1) is 6.92 Å². The Bertz CT molecular complexity index is 470. The van der Waals surface area contributed by atoms with Gasteiger partial charge in [0.15, 0.2) is 0 Å². The quantitative estimate of drug-likeness (QED) is 0.892. The van der Waals surface area contributed by atoms with E-state index < -0.39 is 0 Å². The van der Waals surface area contributed by atoms with Crippen LogP contribution in [-0.2, 0) is 4.79 Å². The molecular formula is C15H23N3OS. The van der Waals surface area contributed by atoms with Crippen molar-refractivity contribution >= 4 is 29.0 Å². The fourth-order valence-electron chi connectivity index (χ4n) is 2.24. The molecule has 1 unspecified atom stereocenters. The van der Waals surface area contributed by atoms with Crippen molar-refractivity contribution in [2.75, 3.05) is 42.4 Å². The molecule has 1 aliphatic rings. The second-order valence-electron chi connectivity index (χ2n) is 5.37. The number of nitrogens with zero attached hydrogens (tertiary/aromatic N) is 1. The second kappa shape index (κ2) is 6.99. The third-order valence-electron chi connectivity index (χ3n) is 3.43. The van der Waals surface area contributed by atoms with Gasteiger partial charge in [-0.25, -0.2) is 0 Å². The lowest BCUT2D eigenvalue weighted by Gasteiger charge is -2.22. The van der Waals surface area contributed by atoms with Crippen molar-refractivity contribution < 1.29 is 4.79 Å². The molecule has 1 aromatic rings. The highest BCUT2D eigenvalue weighted by atomic mass is 32.2. The molecule has 0 aliphatic carbocycles. The minimum absolute atomic E-state index is 0.0886. The Morgan fingerprint density at radius 3 is 2.90 bits per heavy atom. The molecule has 1 heterocycles. The van der Waals surface area contributed by atoms with E-state index in [2.05, 4.69) is 21.6 Å². The smallest absolute Gasteiger partial charge is 0.225 e. The summed E-state index contributed by atoms with van der Waals surface area (Å²) in [5.74, 6) is 2.25. The lowest BCUT2D eigenvalue weighted by Crippen LogP contribution is -2.39. The number of amides is 1. The van der Waals surface area contributed by atoms with Gasteiger partial charge < -0.3 is 15.5 Å². The van der Waals surface area contributed by atoms with E-state index >= 15 is 0 Å². The van der Waals surface area contributed by atoms with Gasteiger partial charge in [0.1, 0.15) is 0 Å². The first-order valence-corrected chi connectivity index (χ1v) is 8.10. The molecule has 0 bridgehead atoms. The van der Waals surface area contributed by atoms with E-state index in [0.717, 1.165) is 35.0 Å². The van der Waals surface area contributed by atoms with Crippen molar-refractivity contribution in [3.8, 4) is 0 Å². The van der Waals surface area contributed by atoms with E-state index in [1.807, 2.05) is 44.9 Å². The third-order valence-corrected chi connectivity index (χ3v) is 4.56. The zero-order valence-electron chi connectivity index (χ0n) is 12.4. The molecule has 0 radical (unpaired) electrons. The third kappa shape index (κ3) is 4.15. The lowest BCUT2D eigenvalue weighted by atomic mass is 10.1. The molecule has 0 spiro atoms. The Balaban J connectivity index is 1.93. The van der Waals surface area contributed by atoms with Gasteiger partial charge in [0.05, 0.1) is 0 Å². The Morgan fingerprint density at radius 2 is 2.30 bits per heavy atom. The second-order valence-corrected chi connectivity index (χ2v) is 6.52. The van der Waals surface area contributed by atoms with Crippen LogP contribution in [0.2, 0.25) is 0 Å². The molecule has 2 N–H and O–H groups in total. The average molecular weight is 293 g/mol. The fraction of sp³-hybridized carbons (Fsp3) is 0.533. The van der Waals surface area contributed by atoms with Gasteiger partial charge in [-0.05, 0) is 30.7 Å². The van der Waals surface area contributed by atoms with Gasteiger partial charge in [-0.15, -0.1) is 0 Å². The average Bonchev–Trinajstić information content (AvgIpc) is 2.42. The number of benzene rings is 1. The molecule has 1 aliphatic heterocycles. The molecule has 110 valence electrons. The summed E-state index contributed by atoms with van der Waals surface area (Å²) in [7, 11) is 4.03. The summed E-state index contributed by atoms with van der Waals surface area (Å²) < 4.78 is 0. The van der Waals surface area contributed by atoms with Crippen molar-refractivity contribution in [1.82, 2.24) is 5.32 Å². The predicted molar refractivity (Wildman–Crippen MR) is 87.9 cm³/mol. The summed E-state index contributed by atoms with van der Waals surface area (Å²) in [6.45, 7) is 3.02. The Kier molecular flexibility index (Phi) is 5.31. The molecule has 1 atom stereocenters. The van der Waals surface area contributed by atoms with Crippen LogP contribution in [0.15, 0.2) is 18.2 Å². The highest BCUT2D eigenvalue weighted by Crippen LogP contribution is 2.21. The topological polar surface area (TPSA) is 44.4 Å². The molecule has 20 heavy (non-hydrogen) atoms. The highest BCUT2D eigenvalue weighted by Gasteiger charge is 2.17. The number of hydrogen-bond acceptors (Lipinski definition) is 4. The number of anilines is 2. The summed E-state index contributed by atoms with van der Waals surface area (Å²) >= 11 is 1.91. The van der Waals surface area contributed by atoms with Crippen molar-refractivity contribution in [2.24, 2.45) is 0 Å². The number of carbonyl (C=O) groups excluding carboxylic acids is 1. The van der Waals surface area contributed by atoms with Gasteiger partial charge in [0.2, 0.25) is 5.91 Å². The number of rotatable bonds is 4. The van der Waals surface area contributed by atoms with E-state index in [1.54, 1.807) is 0 Å². The van der Waals surface area contributed by atoms with Crippen molar-refractivity contribution in [3.63, 3.8) is 0 Å². The van der Waals surface area contributed by atoms with E-state index in [4.69, 9.17) is 0 Å². The SMILES string of the molecule is Cc1cc(N(C)C)ccc1NC(=O)CC1CSCCN1. The summed E-state index contributed by atoms with van der Waals surface area (Å²) in [5, 5.41) is 6.40. The van der Waals surface area contributed by atoms with Gasteiger partial charge in [-0.1, -0.05) is 0 Å². The van der Waals surface area contributed by atoms with Gasteiger partial charge in [0, 0.05) is 56.0 Å². The van der Waals surface area contributed by atoms with Gasteiger partial charge in [0.25, 0.3) is 0 Å². The summed E-state index contributed by atoms with van der Waals surface area (Å²) in [6.07, 6.45) is 0.544. The summed E-state index contributed by atoms with van der Waals surface area (Å²) in [6, 6.07) is 6.39. The van der Waals surface area contributed by atoms with Crippen molar-refractivity contribution in [2.45, 2.75) is 19.4 Å². The van der Waals surface area contributed by atoms with Crippen LogP contribution in [-0.4, -0.2) is 44.1 Å². The maximum atomic E-state index is 12.1. The maximum Gasteiger partial charge on any atom is 0.225 e. The highest BCUT2D eigenvalue weighted by molar-refractivity contribution is 7.99. The zero-order valence-corrected chi connectivity index (χ0v) is 13.2.